The number of aromatic nitrogens is 1. The maximum Gasteiger partial charge on any atom is 0.278 e. The Morgan fingerprint density at radius 3 is 2.81 bits per heavy atom. The second-order valence-corrected chi connectivity index (χ2v) is 8.25. The zero-order valence-electron chi connectivity index (χ0n) is 17.6. The van der Waals surface area contributed by atoms with E-state index < -0.39 is 0 Å². The number of carbonyl (C=O) groups excluding carboxylic acids is 1. The van der Waals surface area contributed by atoms with E-state index in [4.69, 9.17) is 4.74 Å². The van der Waals surface area contributed by atoms with E-state index in [-0.39, 0.29) is 5.91 Å². The van der Waals surface area contributed by atoms with Gasteiger partial charge in [-0.15, -0.1) is 0 Å². The summed E-state index contributed by atoms with van der Waals surface area (Å²) in [5, 5.41) is 0. The first-order valence-corrected chi connectivity index (χ1v) is 10.8. The van der Waals surface area contributed by atoms with Crippen molar-refractivity contribution in [1.29, 1.82) is 0 Å². The van der Waals surface area contributed by atoms with Crippen LogP contribution in [0.2, 0.25) is 0 Å². The zero-order valence-corrected chi connectivity index (χ0v) is 17.6. The van der Waals surface area contributed by atoms with Crippen LogP contribution in [0.3, 0.4) is 0 Å². The number of amidine groups is 1. The van der Waals surface area contributed by atoms with E-state index >= 15 is 0 Å². The van der Waals surface area contributed by atoms with Crippen molar-refractivity contribution in [3.8, 4) is 17.0 Å². The van der Waals surface area contributed by atoms with Crippen molar-refractivity contribution >= 4 is 17.4 Å². The quantitative estimate of drug-likeness (QED) is 0.513. The summed E-state index contributed by atoms with van der Waals surface area (Å²) in [5.74, 6) is 1.87. The fourth-order valence-corrected chi connectivity index (χ4v) is 4.24. The summed E-state index contributed by atoms with van der Waals surface area (Å²) >= 11 is 0. The van der Waals surface area contributed by atoms with Gasteiger partial charge < -0.3 is 9.64 Å². The van der Waals surface area contributed by atoms with Crippen LogP contribution in [0, 0.1) is 5.92 Å². The van der Waals surface area contributed by atoms with Crippen molar-refractivity contribution in [3.05, 3.63) is 78.0 Å². The van der Waals surface area contributed by atoms with Gasteiger partial charge in [-0.2, -0.15) is 4.99 Å². The molecule has 1 aromatic heterocycles. The summed E-state index contributed by atoms with van der Waals surface area (Å²) in [6, 6.07) is 19.7. The van der Waals surface area contributed by atoms with Crippen molar-refractivity contribution < 1.29 is 9.53 Å². The SMILES string of the molecule is C[C@@H]1CCOc2ccccc2-c2cc(ccn2)C(=O)N=C2Cc3ccccc3N2CC1. The maximum atomic E-state index is 13.1. The van der Waals surface area contributed by atoms with Crippen molar-refractivity contribution in [2.75, 3.05) is 18.1 Å². The van der Waals surface area contributed by atoms with E-state index in [1.807, 2.05) is 42.5 Å². The van der Waals surface area contributed by atoms with Crippen LogP contribution in [0.4, 0.5) is 5.69 Å². The van der Waals surface area contributed by atoms with Gasteiger partial charge in [0, 0.05) is 36.0 Å². The first-order valence-electron chi connectivity index (χ1n) is 10.8. The molecular weight excluding hydrogens is 386 g/mol. The van der Waals surface area contributed by atoms with Gasteiger partial charge in [0.1, 0.15) is 11.6 Å². The molecule has 2 aromatic carbocycles. The van der Waals surface area contributed by atoms with Gasteiger partial charge in [0.25, 0.3) is 5.91 Å². The van der Waals surface area contributed by atoms with Crippen LogP contribution < -0.4 is 9.64 Å². The minimum absolute atomic E-state index is 0.238. The highest BCUT2D eigenvalue weighted by Crippen LogP contribution is 2.32. The van der Waals surface area contributed by atoms with Gasteiger partial charge in [0.05, 0.1) is 12.3 Å². The molecule has 0 N–H and O–H groups in total. The van der Waals surface area contributed by atoms with Gasteiger partial charge in [-0.1, -0.05) is 37.3 Å². The van der Waals surface area contributed by atoms with Gasteiger partial charge in [0.2, 0.25) is 0 Å². The lowest BCUT2D eigenvalue weighted by molar-refractivity contribution is 0.100. The average Bonchev–Trinajstić information content (AvgIpc) is 3.14. The second-order valence-electron chi connectivity index (χ2n) is 8.25. The number of ether oxygens (including phenoxy) is 1. The van der Waals surface area contributed by atoms with Gasteiger partial charge in [-0.05, 0) is 54.7 Å². The van der Waals surface area contributed by atoms with Crippen molar-refractivity contribution in [1.82, 2.24) is 4.98 Å². The van der Waals surface area contributed by atoms with E-state index in [0.717, 1.165) is 47.9 Å². The van der Waals surface area contributed by atoms with Crippen molar-refractivity contribution in [2.24, 2.45) is 10.9 Å². The fraction of sp³-hybridized carbons (Fsp3) is 0.269. The first kappa shape index (κ1) is 19.5. The van der Waals surface area contributed by atoms with Gasteiger partial charge in [0.15, 0.2) is 0 Å². The Kier molecular flexibility index (Phi) is 5.24. The van der Waals surface area contributed by atoms with Crippen LogP contribution in [0.25, 0.3) is 11.3 Å². The molecule has 0 saturated heterocycles. The normalized spacial score (nSPS) is 18.6. The highest BCUT2D eigenvalue weighted by Gasteiger charge is 2.26. The molecule has 0 aliphatic carbocycles. The molecule has 156 valence electrons. The van der Waals surface area contributed by atoms with E-state index in [2.05, 4.69) is 33.9 Å². The van der Waals surface area contributed by atoms with Crippen LogP contribution in [0.15, 0.2) is 71.9 Å². The number of amides is 1. The lowest BCUT2D eigenvalue weighted by Crippen LogP contribution is -2.30. The summed E-state index contributed by atoms with van der Waals surface area (Å²) in [6.45, 7) is 3.73. The van der Waals surface area contributed by atoms with E-state index in [1.54, 1.807) is 12.3 Å². The van der Waals surface area contributed by atoms with Crippen LogP contribution in [0.5, 0.6) is 5.75 Å². The molecule has 2 aliphatic rings. The number of aliphatic imine (C=N–C) groups is 1. The Hall–Kier alpha value is -3.47. The maximum absolute atomic E-state index is 13.1. The van der Waals surface area contributed by atoms with Gasteiger partial charge in [-0.25, -0.2) is 0 Å². The van der Waals surface area contributed by atoms with E-state index in [0.29, 0.717) is 24.5 Å². The topological polar surface area (TPSA) is 54.8 Å². The largest absolute Gasteiger partial charge is 0.493 e. The predicted octanol–water partition coefficient (Wildman–Crippen LogP) is 5.16. The predicted molar refractivity (Wildman–Crippen MR) is 123 cm³/mol. The first-order chi connectivity index (χ1) is 15.2. The number of rotatable bonds is 0. The highest BCUT2D eigenvalue weighted by atomic mass is 16.5. The number of hydrogen-bond donors (Lipinski definition) is 0. The number of pyridine rings is 1. The van der Waals surface area contributed by atoms with Crippen LogP contribution >= 0.6 is 0 Å². The number of carbonyl (C=O) groups is 1. The lowest BCUT2D eigenvalue weighted by Gasteiger charge is -2.22. The molecule has 1 amide bonds. The minimum atomic E-state index is -0.238. The molecule has 5 nitrogen and oxygen atoms in total. The van der Waals surface area contributed by atoms with Crippen molar-refractivity contribution in [3.63, 3.8) is 0 Å². The summed E-state index contributed by atoms with van der Waals surface area (Å²) in [5.41, 5.74) is 4.52. The van der Waals surface area contributed by atoms with Crippen molar-refractivity contribution in [2.45, 2.75) is 26.2 Å². The highest BCUT2D eigenvalue weighted by molar-refractivity contribution is 6.12. The third-order valence-corrected chi connectivity index (χ3v) is 6.06. The number of fused-ring (bicyclic) bond motifs is 7. The molecule has 0 saturated carbocycles. The molecule has 1 atom stereocenters. The molecule has 3 heterocycles. The fourth-order valence-electron chi connectivity index (χ4n) is 4.24. The monoisotopic (exact) mass is 411 g/mol. The third kappa shape index (κ3) is 3.96. The number of nitrogens with zero attached hydrogens (tertiary/aromatic N) is 3. The van der Waals surface area contributed by atoms with Gasteiger partial charge in [-0.3, -0.25) is 9.78 Å². The Morgan fingerprint density at radius 2 is 1.87 bits per heavy atom. The summed E-state index contributed by atoms with van der Waals surface area (Å²) in [6.07, 6.45) is 4.31. The summed E-state index contributed by atoms with van der Waals surface area (Å²) in [4.78, 5) is 24.4. The molecule has 0 radical (unpaired) electrons. The standard InChI is InChI=1S/C26H25N3O2/c1-18-11-14-29-23-8-4-2-6-19(23)17-25(29)28-26(30)20-10-13-27-22(16-20)21-7-3-5-9-24(21)31-15-12-18/h2-10,13,16,18H,11-12,14-15,17H2,1H3/t18-/m0/s1. The Morgan fingerprint density at radius 1 is 1.03 bits per heavy atom. The Bertz CT molecular complexity index is 1150. The van der Waals surface area contributed by atoms with Crippen LogP contribution in [0.1, 0.15) is 35.7 Å². The zero-order chi connectivity index (χ0) is 21.2. The summed E-state index contributed by atoms with van der Waals surface area (Å²) in [7, 11) is 0. The molecule has 5 heteroatoms. The molecular formula is C26H25N3O2. The molecule has 2 aliphatic heterocycles. The Balaban J connectivity index is 1.57. The number of anilines is 1. The Labute approximate surface area is 182 Å². The van der Waals surface area contributed by atoms with E-state index in [1.165, 1.54) is 5.56 Å². The average molecular weight is 412 g/mol. The molecule has 2 bridgehead atoms. The molecule has 31 heavy (non-hydrogen) atoms. The molecule has 0 unspecified atom stereocenters. The number of para-hydroxylation sites is 2. The van der Waals surface area contributed by atoms with Crippen LogP contribution in [-0.4, -0.2) is 29.9 Å². The van der Waals surface area contributed by atoms with E-state index in [9.17, 15) is 4.79 Å². The molecule has 5 rings (SSSR count). The molecule has 0 spiro atoms. The smallest absolute Gasteiger partial charge is 0.278 e. The third-order valence-electron chi connectivity index (χ3n) is 6.06. The second kappa shape index (κ2) is 8.34. The minimum Gasteiger partial charge on any atom is -0.493 e. The molecule has 0 fully saturated rings. The number of hydrogen-bond acceptors (Lipinski definition) is 4. The van der Waals surface area contributed by atoms with Crippen LogP contribution in [-0.2, 0) is 6.42 Å². The summed E-state index contributed by atoms with van der Waals surface area (Å²) < 4.78 is 6.13. The molecule has 3 aromatic rings. The number of benzene rings is 2. The van der Waals surface area contributed by atoms with Gasteiger partial charge >= 0.3 is 0 Å². The lowest BCUT2D eigenvalue weighted by atomic mass is 10.0.